The predicted molar refractivity (Wildman–Crippen MR) is 82.1 cm³/mol. The highest BCUT2D eigenvalue weighted by Crippen LogP contribution is 2.17. The lowest BCUT2D eigenvalue weighted by atomic mass is 10.2. The molecule has 0 aromatic heterocycles. The summed E-state index contributed by atoms with van der Waals surface area (Å²) in [5, 5.41) is 2.65. The smallest absolute Gasteiger partial charge is 0.237 e. The van der Waals surface area contributed by atoms with Crippen LogP contribution < -0.4 is 5.32 Å². The topological polar surface area (TPSA) is 79.0 Å². The Labute approximate surface area is 132 Å². The summed E-state index contributed by atoms with van der Waals surface area (Å²) in [5.74, 6) is -0.130. The van der Waals surface area contributed by atoms with Gasteiger partial charge in [-0.25, -0.2) is 8.42 Å². The van der Waals surface area contributed by atoms with E-state index >= 15 is 0 Å². The number of carbonyl (C=O) groups excluding carboxylic acids is 1. The third-order valence-corrected chi connectivity index (χ3v) is 6.01. The molecule has 1 N–H and O–H groups in total. The van der Waals surface area contributed by atoms with Crippen LogP contribution in [-0.4, -0.2) is 81.8 Å². The molecule has 1 unspecified atom stereocenters. The molecule has 2 saturated heterocycles. The van der Waals surface area contributed by atoms with Crippen LogP contribution in [-0.2, 0) is 19.6 Å². The first kappa shape index (κ1) is 18.6. The Hall–Kier alpha value is -0.410. The molecule has 0 bridgehead atoms. The van der Waals surface area contributed by atoms with Gasteiger partial charge in [0.15, 0.2) is 0 Å². The molecule has 0 aromatic rings. The fourth-order valence-corrected chi connectivity index (χ4v) is 4.03. The Morgan fingerprint density at radius 3 is 2.62 bits per heavy atom. The second-order valence-electron chi connectivity index (χ2n) is 5.27. The van der Waals surface area contributed by atoms with Gasteiger partial charge >= 0.3 is 0 Å². The van der Waals surface area contributed by atoms with Gasteiger partial charge < -0.3 is 15.0 Å². The van der Waals surface area contributed by atoms with Crippen LogP contribution in [0, 0.1) is 0 Å². The van der Waals surface area contributed by atoms with Crippen molar-refractivity contribution < 1.29 is 17.9 Å². The molecular formula is C12H24ClN3O4S. The summed E-state index contributed by atoms with van der Waals surface area (Å²) < 4.78 is 31.1. The van der Waals surface area contributed by atoms with Gasteiger partial charge in [0.05, 0.1) is 18.4 Å². The quantitative estimate of drug-likeness (QED) is 0.730. The summed E-state index contributed by atoms with van der Waals surface area (Å²) in [4.78, 5) is 13.8. The number of hydrogen-bond donors (Lipinski definition) is 1. The first-order chi connectivity index (χ1) is 9.51. The Morgan fingerprint density at radius 1 is 1.38 bits per heavy atom. The van der Waals surface area contributed by atoms with Gasteiger partial charge in [-0.2, -0.15) is 4.31 Å². The van der Waals surface area contributed by atoms with Crippen molar-refractivity contribution in [1.82, 2.24) is 14.5 Å². The molecule has 124 valence electrons. The maximum Gasteiger partial charge on any atom is 0.237 e. The molecule has 0 radical (unpaired) electrons. The average Bonchev–Trinajstić information content (AvgIpc) is 2.49. The molecule has 21 heavy (non-hydrogen) atoms. The van der Waals surface area contributed by atoms with Gasteiger partial charge in [-0.15, -0.1) is 12.4 Å². The van der Waals surface area contributed by atoms with E-state index in [9.17, 15) is 13.2 Å². The van der Waals surface area contributed by atoms with E-state index in [1.54, 1.807) is 4.90 Å². The molecule has 0 aliphatic carbocycles. The zero-order chi connectivity index (χ0) is 14.6. The molecule has 1 amide bonds. The number of halogens is 1. The van der Waals surface area contributed by atoms with Crippen molar-refractivity contribution in [1.29, 1.82) is 0 Å². The molecule has 7 nitrogen and oxygen atoms in total. The molecule has 2 aliphatic rings. The van der Waals surface area contributed by atoms with Crippen LogP contribution in [0.4, 0.5) is 0 Å². The van der Waals surface area contributed by atoms with Gasteiger partial charge in [-0.3, -0.25) is 4.79 Å². The summed E-state index contributed by atoms with van der Waals surface area (Å²) in [6.07, 6.45) is 1.36. The second-order valence-corrected chi connectivity index (χ2v) is 7.59. The normalized spacial score (nSPS) is 23.7. The number of piperazine rings is 1. The average molecular weight is 342 g/mol. The number of rotatable bonds is 4. The van der Waals surface area contributed by atoms with Crippen LogP contribution >= 0.6 is 12.4 Å². The lowest BCUT2D eigenvalue weighted by Gasteiger charge is -2.31. The molecule has 2 rings (SSSR count). The zero-order valence-electron chi connectivity index (χ0n) is 12.3. The highest BCUT2D eigenvalue weighted by molar-refractivity contribution is 7.89. The number of sulfonamides is 1. The van der Waals surface area contributed by atoms with E-state index in [-0.39, 0.29) is 31.5 Å². The molecule has 1 atom stereocenters. The third-order valence-electron chi connectivity index (χ3n) is 3.80. The summed E-state index contributed by atoms with van der Waals surface area (Å²) in [6.45, 7) is 3.57. The van der Waals surface area contributed by atoms with Gasteiger partial charge in [0.1, 0.15) is 0 Å². The molecule has 2 aliphatic heterocycles. The highest BCUT2D eigenvalue weighted by Gasteiger charge is 2.33. The standard InChI is InChI=1S/C12H23N3O4S.ClH/c1-14(9-12(16)15-6-4-13-5-7-15)20(17,18)11-3-2-8-19-10-11;/h11,13H,2-10H2,1H3;1H. The second kappa shape index (κ2) is 8.28. The fourth-order valence-electron chi connectivity index (χ4n) is 2.50. The Morgan fingerprint density at radius 2 is 2.05 bits per heavy atom. The minimum atomic E-state index is -3.45. The summed E-state index contributed by atoms with van der Waals surface area (Å²) >= 11 is 0. The maximum atomic E-state index is 12.4. The minimum absolute atomic E-state index is 0. The van der Waals surface area contributed by atoms with Crippen LogP contribution in [0.25, 0.3) is 0 Å². The van der Waals surface area contributed by atoms with E-state index in [0.717, 1.165) is 19.5 Å². The monoisotopic (exact) mass is 341 g/mol. The summed E-state index contributed by atoms with van der Waals surface area (Å²) in [5.41, 5.74) is 0. The van der Waals surface area contributed by atoms with Crippen molar-refractivity contribution in [3.8, 4) is 0 Å². The van der Waals surface area contributed by atoms with Gasteiger partial charge in [-0.05, 0) is 12.8 Å². The van der Waals surface area contributed by atoms with Crippen molar-refractivity contribution >= 4 is 28.3 Å². The predicted octanol–water partition coefficient (Wildman–Crippen LogP) is -0.719. The number of carbonyl (C=O) groups is 1. The summed E-state index contributed by atoms with van der Waals surface area (Å²) in [7, 11) is -1.97. The lowest BCUT2D eigenvalue weighted by molar-refractivity contribution is -0.131. The van der Waals surface area contributed by atoms with E-state index < -0.39 is 15.3 Å². The summed E-state index contributed by atoms with van der Waals surface area (Å²) in [6, 6.07) is 0. The van der Waals surface area contributed by atoms with Crippen molar-refractivity contribution in [2.24, 2.45) is 0 Å². The van der Waals surface area contributed by atoms with Crippen molar-refractivity contribution in [2.75, 3.05) is 53.0 Å². The van der Waals surface area contributed by atoms with Crippen molar-refractivity contribution in [2.45, 2.75) is 18.1 Å². The van der Waals surface area contributed by atoms with E-state index in [1.165, 1.54) is 11.4 Å². The van der Waals surface area contributed by atoms with Crippen LogP contribution in [0.15, 0.2) is 0 Å². The Kier molecular flexibility index (Phi) is 7.35. The molecule has 9 heteroatoms. The van der Waals surface area contributed by atoms with Gasteiger partial charge in [-0.1, -0.05) is 0 Å². The first-order valence-corrected chi connectivity index (χ1v) is 8.53. The first-order valence-electron chi connectivity index (χ1n) is 7.03. The van der Waals surface area contributed by atoms with Crippen LogP contribution in [0.5, 0.6) is 0 Å². The van der Waals surface area contributed by atoms with Crippen LogP contribution in [0.3, 0.4) is 0 Å². The van der Waals surface area contributed by atoms with Crippen molar-refractivity contribution in [3.63, 3.8) is 0 Å². The van der Waals surface area contributed by atoms with E-state index in [2.05, 4.69) is 5.32 Å². The van der Waals surface area contributed by atoms with E-state index in [4.69, 9.17) is 4.74 Å². The molecular weight excluding hydrogens is 318 g/mol. The molecule has 0 saturated carbocycles. The van der Waals surface area contributed by atoms with E-state index in [0.29, 0.717) is 26.1 Å². The number of likely N-dealkylation sites (N-methyl/N-ethyl adjacent to an activating group) is 1. The van der Waals surface area contributed by atoms with Gasteiger partial charge in [0.25, 0.3) is 0 Å². The number of amides is 1. The van der Waals surface area contributed by atoms with Crippen LogP contribution in [0.2, 0.25) is 0 Å². The molecule has 2 fully saturated rings. The minimum Gasteiger partial charge on any atom is -0.380 e. The number of hydrogen-bond acceptors (Lipinski definition) is 5. The Bertz CT molecular complexity index is 434. The van der Waals surface area contributed by atoms with Gasteiger partial charge in [0, 0.05) is 39.8 Å². The van der Waals surface area contributed by atoms with Crippen molar-refractivity contribution in [3.05, 3.63) is 0 Å². The lowest BCUT2D eigenvalue weighted by Crippen LogP contribution is -2.51. The largest absolute Gasteiger partial charge is 0.380 e. The molecule has 0 spiro atoms. The fraction of sp³-hybridized carbons (Fsp3) is 0.917. The highest BCUT2D eigenvalue weighted by atomic mass is 35.5. The van der Waals surface area contributed by atoms with Crippen LogP contribution in [0.1, 0.15) is 12.8 Å². The number of nitrogens with zero attached hydrogens (tertiary/aromatic N) is 2. The maximum absolute atomic E-state index is 12.4. The SMILES string of the molecule is CN(CC(=O)N1CCNCC1)S(=O)(=O)C1CCCOC1.Cl. The Balaban J connectivity index is 0.00000220. The number of nitrogens with one attached hydrogen (secondary N) is 1. The van der Waals surface area contributed by atoms with E-state index in [1.807, 2.05) is 0 Å². The number of ether oxygens (including phenoxy) is 1. The third kappa shape index (κ3) is 4.79. The molecule has 2 heterocycles. The van der Waals surface area contributed by atoms with Gasteiger partial charge in [0.2, 0.25) is 15.9 Å². The molecule has 0 aromatic carbocycles. The zero-order valence-corrected chi connectivity index (χ0v) is 13.9.